The van der Waals surface area contributed by atoms with Crippen molar-refractivity contribution in [3.05, 3.63) is 23.5 Å². The summed E-state index contributed by atoms with van der Waals surface area (Å²) in [5.41, 5.74) is 1.98. The summed E-state index contributed by atoms with van der Waals surface area (Å²) < 4.78 is 0. The van der Waals surface area contributed by atoms with Crippen LogP contribution < -0.4 is 4.90 Å². The first-order valence-corrected chi connectivity index (χ1v) is 7.07. The van der Waals surface area contributed by atoms with Crippen molar-refractivity contribution in [1.82, 2.24) is 9.88 Å². The molecule has 1 saturated heterocycles. The smallest absolute Gasteiger partial charge is 0.339 e. The van der Waals surface area contributed by atoms with Crippen LogP contribution in [0.25, 0.3) is 0 Å². The Bertz CT molecular complexity index is 480. The van der Waals surface area contributed by atoms with Gasteiger partial charge in [0.1, 0.15) is 5.56 Å². The third kappa shape index (κ3) is 3.48. The fraction of sp³-hybridized carbons (Fsp3) is 0.600. The summed E-state index contributed by atoms with van der Waals surface area (Å²) in [6.45, 7) is 4.84. The summed E-state index contributed by atoms with van der Waals surface area (Å²) in [5.74, 6) is -0.194. The molecule has 1 N–H and O–H groups in total. The van der Waals surface area contributed by atoms with E-state index in [2.05, 4.69) is 28.9 Å². The minimum Gasteiger partial charge on any atom is -0.478 e. The summed E-state index contributed by atoms with van der Waals surface area (Å²) in [7, 11) is 4.20. The molecular formula is C15H23N3O2. The first-order valence-electron chi connectivity index (χ1n) is 7.07. The SMILES string of the molecule is Cc1cc(N2CCC(CN(C)C)CC2)c(C(=O)O)cn1. The monoisotopic (exact) mass is 277 g/mol. The second-order valence-electron chi connectivity index (χ2n) is 5.84. The molecule has 0 atom stereocenters. The van der Waals surface area contributed by atoms with Crippen molar-refractivity contribution in [1.29, 1.82) is 0 Å². The van der Waals surface area contributed by atoms with E-state index in [0.717, 1.165) is 43.9 Å². The number of carboxylic acids is 1. The van der Waals surface area contributed by atoms with Crippen LogP contribution >= 0.6 is 0 Å². The molecule has 2 rings (SSSR count). The Morgan fingerprint density at radius 1 is 1.45 bits per heavy atom. The van der Waals surface area contributed by atoms with Crippen molar-refractivity contribution in [3.8, 4) is 0 Å². The highest BCUT2D eigenvalue weighted by molar-refractivity contribution is 5.94. The van der Waals surface area contributed by atoms with E-state index in [9.17, 15) is 9.90 Å². The van der Waals surface area contributed by atoms with Crippen molar-refractivity contribution in [3.63, 3.8) is 0 Å². The molecule has 1 aliphatic heterocycles. The van der Waals surface area contributed by atoms with Gasteiger partial charge in [0.05, 0.1) is 5.69 Å². The minimum atomic E-state index is -0.900. The third-order valence-electron chi connectivity index (χ3n) is 3.83. The molecule has 0 amide bonds. The van der Waals surface area contributed by atoms with Gasteiger partial charge in [-0.3, -0.25) is 4.98 Å². The Balaban J connectivity index is 2.10. The van der Waals surface area contributed by atoms with Gasteiger partial charge in [-0.05, 0) is 45.8 Å². The maximum atomic E-state index is 11.3. The van der Waals surface area contributed by atoms with Crippen LogP contribution in [0.2, 0.25) is 0 Å². The number of pyridine rings is 1. The Labute approximate surface area is 120 Å². The van der Waals surface area contributed by atoms with Gasteiger partial charge in [0, 0.05) is 31.5 Å². The minimum absolute atomic E-state index is 0.307. The van der Waals surface area contributed by atoms with E-state index in [1.54, 1.807) is 0 Å². The summed E-state index contributed by atoms with van der Waals surface area (Å²) in [5, 5.41) is 9.28. The Hall–Kier alpha value is -1.62. The first-order chi connectivity index (χ1) is 9.47. The topological polar surface area (TPSA) is 56.7 Å². The van der Waals surface area contributed by atoms with E-state index < -0.39 is 5.97 Å². The molecule has 0 aromatic carbocycles. The van der Waals surface area contributed by atoms with E-state index in [4.69, 9.17) is 0 Å². The number of anilines is 1. The van der Waals surface area contributed by atoms with Crippen LogP contribution in [0, 0.1) is 12.8 Å². The number of aryl methyl sites for hydroxylation is 1. The van der Waals surface area contributed by atoms with Crippen molar-refractivity contribution in [2.24, 2.45) is 5.92 Å². The number of hydrogen-bond donors (Lipinski definition) is 1. The Kier molecular flexibility index (Phi) is 4.60. The van der Waals surface area contributed by atoms with E-state index in [-0.39, 0.29) is 0 Å². The molecule has 5 heteroatoms. The predicted molar refractivity (Wildman–Crippen MR) is 79.4 cm³/mol. The van der Waals surface area contributed by atoms with E-state index >= 15 is 0 Å². The van der Waals surface area contributed by atoms with Crippen molar-refractivity contribution in [2.75, 3.05) is 38.6 Å². The summed E-state index contributed by atoms with van der Waals surface area (Å²) in [6, 6.07) is 1.88. The quantitative estimate of drug-likeness (QED) is 0.910. The van der Waals surface area contributed by atoms with Gasteiger partial charge < -0.3 is 14.9 Å². The first kappa shape index (κ1) is 14.8. The van der Waals surface area contributed by atoms with Crippen LogP contribution in [-0.2, 0) is 0 Å². The van der Waals surface area contributed by atoms with Gasteiger partial charge in [-0.1, -0.05) is 0 Å². The normalized spacial score (nSPS) is 16.7. The molecule has 0 saturated carbocycles. The third-order valence-corrected chi connectivity index (χ3v) is 3.83. The second kappa shape index (κ2) is 6.22. The zero-order valence-electron chi connectivity index (χ0n) is 12.5. The molecule has 110 valence electrons. The summed E-state index contributed by atoms with van der Waals surface area (Å²) >= 11 is 0. The number of piperidine rings is 1. The van der Waals surface area contributed by atoms with Gasteiger partial charge in [0.15, 0.2) is 0 Å². The molecule has 1 fully saturated rings. The van der Waals surface area contributed by atoms with Crippen molar-refractivity contribution in [2.45, 2.75) is 19.8 Å². The molecule has 1 aromatic heterocycles. The van der Waals surface area contributed by atoms with Crippen molar-refractivity contribution >= 4 is 11.7 Å². The number of rotatable bonds is 4. The molecular weight excluding hydrogens is 254 g/mol. The molecule has 0 radical (unpaired) electrons. The summed E-state index contributed by atoms with van der Waals surface area (Å²) in [4.78, 5) is 19.8. The van der Waals surface area contributed by atoms with Crippen LogP contribution in [0.4, 0.5) is 5.69 Å². The lowest BCUT2D eigenvalue weighted by Crippen LogP contribution is -2.37. The highest BCUT2D eigenvalue weighted by Gasteiger charge is 2.23. The van der Waals surface area contributed by atoms with Gasteiger partial charge in [-0.25, -0.2) is 4.79 Å². The molecule has 5 nitrogen and oxygen atoms in total. The van der Waals surface area contributed by atoms with Crippen LogP contribution in [-0.4, -0.2) is 54.7 Å². The lowest BCUT2D eigenvalue weighted by molar-refractivity contribution is 0.0697. The molecule has 1 aliphatic rings. The van der Waals surface area contributed by atoms with Crippen molar-refractivity contribution < 1.29 is 9.90 Å². The van der Waals surface area contributed by atoms with Gasteiger partial charge in [0.2, 0.25) is 0 Å². The highest BCUT2D eigenvalue weighted by atomic mass is 16.4. The maximum Gasteiger partial charge on any atom is 0.339 e. The molecule has 2 heterocycles. The number of aromatic carboxylic acids is 1. The van der Waals surface area contributed by atoms with Crippen LogP contribution in [0.3, 0.4) is 0 Å². The molecule has 1 aromatic rings. The number of carboxylic acid groups (broad SMARTS) is 1. The Morgan fingerprint density at radius 2 is 2.10 bits per heavy atom. The maximum absolute atomic E-state index is 11.3. The largest absolute Gasteiger partial charge is 0.478 e. The lowest BCUT2D eigenvalue weighted by atomic mass is 9.95. The van der Waals surface area contributed by atoms with E-state index in [1.807, 2.05) is 13.0 Å². The average molecular weight is 277 g/mol. The lowest BCUT2D eigenvalue weighted by Gasteiger charge is -2.35. The van der Waals surface area contributed by atoms with Crippen LogP contribution in [0.1, 0.15) is 28.9 Å². The van der Waals surface area contributed by atoms with Gasteiger partial charge in [0.25, 0.3) is 0 Å². The second-order valence-corrected chi connectivity index (χ2v) is 5.84. The standard InChI is InChI=1S/C15H23N3O2/c1-11-8-14(13(9-16-11)15(19)20)18-6-4-12(5-7-18)10-17(2)3/h8-9,12H,4-7,10H2,1-3H3,(H,19,20). The fourth-order valence-electron chi connectivity index (χ4n) is 2.84. The van der Waals surface area contributed by atoms with Crippen LogP contribution in [0.15, 0.2) is 12.3 Å². The zero-order chi connectivity index (χ0) is 14.7. The van der Waals surface area contributed by atoms with Gasteiger partial charge in [-0.2, -0.15) is 0 Å². The fourth-order valence-corrected chi connectivity index (χ4v) is 2.84. The van der Waals surface area contributed by atoms with Gasteiger partial charge >= 0.3 is 5.97 Å². The molecule has 0 aliphatic carbocycles. The number of aromatic nitrogens is 1. The van der Waals surface area contributed by atoms with Gasteiger partial charge in [-0.15, -0.1) is 0 Å². The van der Waals surface area contributed by atoms with E-state index in [1.165, 1.54) is 6.20 Å². The summed E-state index contributed by atoms with van der Waals surface area (Å²) in [6.07, 6.45) is 3.69. The number of hydrogen-bond acceptors (Lipinski definition) is 4. The number of nitrogens with zero attached hydrogens (tertiary/aromatic N) is 3. The average Bonchev–Trinajstić information content (AvgIpc) is 2.38. The molecule has 0 bridgehead atoms. The predicted octanol–water partition coefficient (Wildman–Crippen LogP) is 1.87. The Morgan fingerprint density at radius 3 is 2.65 bits per heavy atom. The molecule has 20 heavy (non-hydrogen) atoms. The molecule has 0 spiro atoms. The van der Waals surface area contributed by atoms with E-state index in [0.29, 0.717) is 11.5 Å². The highest BCUT2D eigenvalue weighted by Crippen LogP contribution is 2.27. The molecule has 0 unspecified atom stereocenters. The zero-order valence-corrected chi connectivity index (χ0v) is 12.5. The van der Waals surface area contributed by atoms with Crippen LogP contribution in [0.5, 0.6) is 0 Å². The number of carbonyl (C=O) groups is 1.